The molecular weight excluding hydrogens is 270 g/mol. The maximum atomic E-state index is 11.4. The number of hydrogen-bond donors (Lipinski definition) is 2. The molecule has 0 fully saturated rings. The molecule has 5 nitrogen and oxygen atoms in total. The predicted octanol–water partition coefficient (Wildman–Crippen LogP) is 2.96. The molecule has 2 N–H and O–H groups in total. The fourth-order valence-corrected chi connectivity index (χ4v) is 2.84. The van der Waals surface area contributed by atoms with E-state index in [9.17, 15) is 14.7 Å². The van der Waals surface area contributed by atoms with Crippen molar-refractivity contribution < 1.29 is 19.8 Å². The van der Waals surface area contributed by atoms with E-state index in [0.717, 1.165) is 16.3 Å². The third-order valence-electron chi connectivity index (χ3n) is 3.73. The molecule has 3 rings (SSSR count). The van der Waals surface area contributed by atoms with Gasteiger partial charge in [0.25, 0.3) is 0 Å². The maximum absolute atomic E-state index is 11.4. The molecule has 21 heavy (non-hydrogen) atoms. The fraction of sp³-hybridized carbons (Fsp3) is 0.188. The first-order chi connectivity index (χ1) is 10.1. The molecule has 0 aromatic heterocycles. The van der Waals surface area contributed by atoms with Gasteiger partial charge in [-0.3, -0.25) is 4.79 Å². The Bertz CT molecular complexity index is 779. The molecule has 2 aromatic rings. The van der Waals surface area contributed by atoms with Crippen molar-refractivity contribution in [2.45, 2.75) is 18.8 Å². The highest BCUT2D eigenvalue weighted by Crippen LogP contribution is 2.42. The van der Waals surface area contributed by atoms with Gasteiger partial charge < -0.3 is 10.2 Å². The van der Waals surface area contributed by atoms with Crippen LogP contribution in [0.4, 0.5) is 5.69 Å². The number of rotatable bonds is 4. The van der Waals surface area contributed by atoms with E-state index in [0.29, 0.717) is 5.69 Å². The van der Waals surface area contributed by atoms with Gasteiger partial charge in [0.2, 0.25) is 0 Å². The standard InChI is InChI=1S/C16H13NO4/c18-13(19)8-6-11-14-10-4-2-1-3-9(10)5-7-12(14)17-15(11)16(20)21/h1-5,7,11H,6,8H2,(H,18,19)(H,20,21). The highest BCUT2D eigenvalue weighted by atomic mass is 16.4. The van der Waals surface area contributed by atoms with Gasteiger partial charge in [0.1, 0.15) is 5.71 Å². The second kappa shape index (κ2) is 5.01. The van der Waals surface area contributed by atoms with Crippen LogP contribution in [0.1, 0.15) is 24.3 Å². The molecule has 0 radical (unpaired) electrons. The number of carboxylic acids is 2. The van der Waals surface area contributed by atoms with Crippen molar-refractivity contribution in [3.63, 3.8) is 0 Å². The third-order valence-corrected chi connectivity index (χ3v) is 3.73. The van der Waals surface area contributed by atoms with Gasteiger partial charge in [-0.15, -0.1) is 0 Å². The van der Waals surface area contributed by atoms with Gasteiger partial charge in [0.05, 0.1) is 5.69 Å². The summed E-state index contributed by atoms with van der Waals surface area (Å²) in [6.45, 7) is 0. The van der Waals surface area contributed by atoms with Crippen molar-refractivity contribution in [2.75, 3.05) is 0 Å². The molecule has 1 unspecified atom stereocenters. The van der Waals surface area contributed by atoms with E-state index in [1.165, 1.54) is 0 Å². The molecule has 1 aliphatic rings. The van der Waals surface area contributed by atoms with Crippen LogP contribution in [-0.2, 0) is 9.59 Å². The Morgan fingerprint density at radius 3 is 2.57 bits per heavy atom. The molecule has 1 heterocycles. The van der Waals surface area contributed by atoms with Crippen LogP contribution >= 0.6 is 0 Å². The minimum atomic E-state index is -1.09. The SMILES string of the molecule is O=C(O)CCC1C(C(=O)O)=Nc2ccc3ccccc3c21. The Balaban J connectivity index is 2.14. The van der Waals surface area contributed by atoms with Gasteiger partial charge in [0, 0.05) is 12.3 Å². The van der Waals surface area contributed by atoms with E-state index >= 15 is 0 Å². The van der Waals surface area contributed by atoms with Crippen LogP contribution in [0.3, 0.4) is 0 Å². The van der Waals surface area contributed by atoms with Crippen LogP contribution in [0, 0.1) is 0 Å². The number of hydrogen-bond acceptors (Lipinski definition) is 3. The smallest absolute Gasteiger partial charge is 0.350 e. The Kier molecular flexibility index (Phi) is 3.17. The van der Waals surface area contributed by atoms with Crippen LogP contribution in [0.5, 0.6) is 0 Å². The minimum Gasteiger partial charge on any atom is -0.481 e. The van der Waals surface area contributed by atoms with Crippen LogP contribution in [0.2, 0.25) is 0 Å². The summed E-state index contributed by atoms with van der Waals surface area (Å²) in [6, 6.07) is 11.4. The zero-order valence-electron chi connectivity index (χ0n) is 11.1. The van der Waals surface area contributed by atoms with Crippen LogP contribution in [0.25, 0.3) is 10.8 Å². The van der Waals surface area contributed by atoms with Crippen LogP contribution in [0.15, 0.2) is 41.4 Å². The molecule has 0 aliphatic carbocycles. The zero-order chi connectivity index (χ0) is 15.0. The summed E-state index contributed by atoms with van der Waals surface area (Å²) in [4.78, 5) is 26.4. The molecule has 0 saturated heterocycles. The van der Waals surface area contributed by atoms with Crippen LogP contribution in [-0.4, -0.2) is 27.9 Å². The average molecular weight is 283 g/mol. The van der Waals surface area contributed by atoms with Crippen molar-refractivity contribution in [1.82, 2.24) is 0 Å². The summed E-state index contributed by atoms with van der Waals surface area (Å²) < 4.78 is 0. The molecule has 0 bridgehead atoms. The Morgan fingerprint density at radius 2 is 1.86 bits per heavy atom. The highest BCUT2D eigenvalue weighted by Gasteiger charge is 2.33. The Hall–Kier alpha value is -2.69. The first kappa shape index (κ1) is 13.3. The molecule has 5 heteroatoms. The van der Waals surface area contributed by atoms with E-state index in [2.05, 4.69) is 4.99 Å². The van der Waals surface area contributed by atoms with Crippen molar-refractivity contribution in [1.29, 1.82) is 0 Å². The molecular formula is C16H13NO4. The summed E-state index contributed by atoms with van der Waals surface area (Å²) in [5.74, 6) is -2.50. The number of aliphatic carboxylic acids is 2. The predicted molar refractivity (Wildman–Crippen MR) is 78.3 cm³/mol. The molecule has 0 spiro atoms. The number of aliphatic imine (C=N–C) groups is 1. The van der Waals surface area contributed by atoms with E-state index in [1.807, 2.05) is 30.3 Å². The summed E-state index contributed by atoms with van der Waals surface area (Å²) in [5, 5.41) is 20.1. The number of carboxylic acid groups (broad SMARTS) is 2. The molecule has 0 amide bonds. The largest absolute Gasteiger partial charge is 0.481 e. The van der Waals surface area contributed by atoms with Crippen LogP contribution < -0.4 is 0 Å². The Morgan fingerprint density at radius 1 is 1.10 bits per heavy atom. The third kappa shape index (κ3) is 2.27. The van der Waals surface area contributed by atoms with Crippen molar-refractivity contribution in [2.24, 2.45) is 4.99 Å². The molecule has 106 valence electrons. The van der Waals surface area contributed by atoms with Gasteiger partial charge in [0.15, 0.2) is 0 Å². The van der Waals surface area contributed by atoms with Gasteiger partial charge >= 0.3 is 11.9 Å². The normalized spacial score (nSPS) is 16.6. The van der Waals surface area contributed by atoms with Crippen molar-refractivity contribution in [3.8, 4) is 0 Å². The lowest BCUT2D eigenvalue weighted by Gasteiger charge is -2.13. The monoisotopic (exact) mass is 283 g/mol. The first-order valence-corrected chi connectivity index (χ1v) is 6.63. The van der Waals surface area contributed by atoms with Crippen molar-refractivity contribution in [3.05, 3.63) is 42.0 Å². The van der Waals surface area contributed by atoms with E-state index in [4.69, 9.17) is 5.11 Å². The van der Waals surface area contributed by atoms with Gasteiger partial charge in [-0.2, -0.15) is 0 Å². The second-order valence-corrected chi connectivity index (χ2v) is 5.01. The van der Waals surface area contributed by atoms with E-state index < -0.39 is 17.9 Å². The summed E-state index contributed by atoms with van der Waals surface area (Å²) in [5.41, 5.74) is 1.48. The summed E-state index contributed by atoms with van der Waals surface area (Å²) >= 11 is 0. The topological polar surface area (TPSA) is 87.0 Å². The van der Waals surface area contributed by atoms with E-state index in [1.54, 1.807) is 6.07 Å². The fourth-order valence-electron chi connectivity index (χ4n) is 2.84. The number of carbonyl (C=O) groups is 2. The average Bonchev–Trinajstić information content (AvgIpc) is 2.84. The van der Waals surface area contributed by atoms with Gasteiger partial charge in [-0.05, 0) is 28.8 Å². The zero-order valence-corrected chi connectivity index (χ0v) is 11.1. The Labute approximate surface area is 120 Å². The van der Waals surface area contributed by atoms with E-state index in [-0.39, 0.29) is 18.6 Å². The van der Waals surface area contributed by atoms with Gasteiger partial charge in [-0.25, -0.2) is 9.79 Å². The molecule has 1 aliphatic heterocycles. The minimum absolute atomic E-state index is 0.0302. The molecule has 0 saturated carbocycles. The first-order valence-electron chi connectivity index (χ1n) is 6.63. The quantitative estimate of drug-likeness (QED) is 0.903. The molecule has 1 atom stereocenters. The lowest BCUT2D eigenvalue weighted by atomic mass is 9.87. The maximum Gasteiger partial charge on any atom is 0.350 e. The number of benzene rings is 2. The number of nitrogens with zero attached hydrogens (tertiary/aromatic N) is 1. The van der Waals surface area contributed by atoms with Crippen molar-refractivity contribution >= 4 is 34.1 Å². The summed E-state index contributed by atoms with van der Waals surface area (Å²) in [6.07, 6.45) is 0.154. The second-order valence-electron chi connectivity index (χ2n) is 5.01. The molecule has 2 aromatic carbocycles. The lowest BCUT2D eigenvalue weighted by Crippen LogP contribution is -2.19. The lowest BCUT2D eigenvalue weighted by molar-refractivity contribution is -0.137. The summed E-state index contributed by atoms with van der Waals surface area (Å²) in [7, 11) is 0. The van der Waals surface area contributed by atoms with Gasteiger partial charge in [-0.1, -0.05) is 30.3 Å². The highest BCUT2D eigenvalue weighted by molar-refractivity contribution is 6.40. The number of fused-ring (bicyclic) bond motifs is 3.